The van der Waals surface area contributed by atoms with Crippen LogP contribution in [0.15, 0.2) is 24.3 Å². The Labute approximate surface area is 117 Å². The zero-order valence-electron chi connectivity index (χ0n) is 12.6. The minimum Gasteiger partial charge on any atom is -0.491 e. The largest absolute Gasteiger partial charge is 0.491 e. The monoisotopic (exact) mass is 265 g/mol. The van der Waals surface area contributed by atoms with E-state index in [1.54, 1.807) is 7.11 Å². The minimum absolute atomic E-state index is 0.187. The van der Waals surface area contributed by atoms with Crippen molar-refractivity contribution in [2.24, 2.45) is 0 Å². The molecule has 0 bridgehead atoms. The fourth-order valence-corrected chi connectivity index (χ4v) is 2.05. The van der Waals surface area contributed by atoms with E-state index in [4.69, 9.17) is 9.47 Å². The number of hydrogen-bond donors (Lipinski definition) is 1. The number of likely N-dealkylation sites (N-methyl/N-ethyl adjacent to an activating group) is 1. The van der Waals surface area contributed by atoms with Gasteiger partial charge in [-0.2, -0.15) is 0 Å². The molecule has 2 unspecified atom stereocenters. The van der Waals surface area contributed by atoms with Gasteiger partial charge in [-0.3, -0.25) is 0 Å². The molecule has 0 amide bonds. The SMILES string of the molecule is CCNC(C)Cc1ccc(OC(C)CCOC)cc1. The van der Waals surface area contributed by atoms with E-state index in [0.717, 1.165) is 31.7 Å². The van der Waals surface area contributed by atoms with Crippen LogP contribution in [0.1, 0.15) is 32.8 Å². The topological polar surface area (TPSA) is 30.5 Å². The lowest BCUT2D eigenvalue weighted by Gasteiger charge is -2.15. The Balaban J connectivity index is 2.42. The first-order valence-electron chi connectivity index (χ1n) is 7.13. The predicted molar refractivity (Wildman–Crippen MR) is 79.9 cm³/mol. The van der Waals surface area contributed by atoms with E-state index in [9.17, 15) is 0 Å². The molecule has 1 N–H and O–H groups in total. The maximum Gasteiger partial charge on any atom is 0.119 e. The standard InChI is InChI=1S/C16H27NO2/c1-5-17-13(2)12-15-6-8-16(9-7-15)19-14(3)10-11-18-4/h6-9,13-14,17H,5,10-12H2,1-4H3. The molecular weight excluding hydrogens is 238 g/mol. The van der Waals surface area contributed by atoms with Crippen LogP contribution in [0.3, 0.4) is 0 Å². The van der Waals surface area contributed by atoms with Crippen molar-refractivity contribution in [3.63, 3.8) is 0 Å². The number of hydrogen-bond acceptors (Lipinski definition) is 3. The number of ether oxygens (including phenoxy) is 2. The summed E-state index contributed by atoms with van der Waals surface area (Å²) >= 11 is 0. The lowest BCUT2D eigenvalue weighted by Crippen LogP contribution is -2.27. The Morgan fingerprint density at radius 3 is 2.42 bits per heavy atom. The van der Waals surface area contributed by atoms with E-state index < -0.39 is 0 Å². The predicted octanol–water partition coefficient (Wildman–Crippen LogP) is 3.03. The summed E-state index contributed by atoms with van der Waals surface area (Å²) < 4.78 is 10.9. The Bertz CT molecular complexity index is 337. The van der Waals surface area contributed by atoms with Crippen LogP contribution in [0, 0.1) is 0 Å². The molecule has 0 spiro atoms. The number of methoxy groups -OCH3 is 1. The molecule has 0 aliphatic carbocycles. The molecule has 3 heteroatoms. The van der Waals surface area contributed by atoms with Crippen LogP contribution in [0.25, 0.3) is 0 Å². The third-order valence-electron chi connectivity index (χ3n) is 3.08. The molecule has 0 saturated carbocycles. The zero-order chi connectivity index (χ0) is 14.1. The highest BCUT2D eigenvalue weighted by Crippen LogP contribution is 2.16. The van der Waals surface area contributed by atoms with Crippen LogP contribution in [0.2, 0.25) is 0 Å². The van der Waals surface area contributed by atoms with Gasteiger partial charge in [0.15, 0.2) is 0 Å². The summed E-state index contributed by atoms with van der Waals surface area (Å²) in [4.78, 5) is 0. The molecule has 1 rings (SSSR count). The van der Waals surface area contributed by atoms with Gasteiger partial charge in [0, 0.05) is 26.2 Å². The Morgan fingerprint density at radius 2 is 1.84 bits per heavy atom. The van der Waals surface area contributed by atoms with Crippen molar-refractivity contribution in [2.75, 3.05) is 20.3 Å². The molecule has 0 saturated heterocycles. The van der Waals surface area contributed by atoms with Crippen molar-refractivity contribution in [2.45, 2.75) is 45.8 Å². The van der Waals surface area contributed by atoms with E-state index >= 15 is 0 Å². The summed E-state index contributed by atoms with van der Waals surface area (Å²) in [6, 6.07) is 8.91. The van der Waals surface area contributed by atoms with Crippen molar-refractivity contribution in [1.29, 1.82) is 0 Å². The maximum atomic E-state index is 5.83. The summed E-state index contributed by atoms with van der Waals surface area (Å²) in [5.74, 6) is 0.934. The fourth-order valence-electron chi connectivity index (χ4n) is 2.05. The van der Waals surface area contributed by atoms with Gasteiger partial charge in [0.1, 0.15) is 5.75 Å². The van der Waals surface area contributed by atoms with Gasteiger partial charge in [0.25, 0.3) is 0 Å². The third-order valence-corrected chi connectivity index (χ3v) is 3.08. The molecule has 0 aromatic heterocycles. The van der Waals surface area contributed by atoms with Gasteiger partial charge in [-0.05, 0) is 44.5 Å². The first-order valence-corrected chi connectivity index (χ1v) is 7.13. The van der Waals surface area contributed by atoms with Gasteiger partial charge < -0.3 is 14.8 Å². The number of nitrogens with one attached hydrogen (secondary N) is 1. The summed E-state index contributed by atoms with van der Waals surface area (Å²) in [7, 11) is 1.72. The van der Waals surface area contributed by atoms with Crippen molar-refractivity contribution in [3.8, 4) is 5.75 Å². The van der Waals surface area contributed by atoms with E-state index in [-0.39, 0.29) is 6.10 Å². The Hall–Kier alpha value is -1.06. The molecule has 0 radical (unpaired) electrons. The Morgan fingerprint density at radius 1 is 1.16 bits per heavy atom. The molecule has 0 heterocycles. The van der Waals surface area contributed by atoms with Gasteiger partial charge in [-0.1, -0.05) is 19.1 Å². The van der Waals surface area contributed by atoms with Crippen molar-refractivity contribution in [1.82, 2.24) is 5.32 Å². The molecule has 0 fully saturated rings. The summed E-state index contributed by atoms with van der Waals surface area (Å²) in [5, 5.41) is 3.42. The molecule has 2 atom stereocenters. The summed E-state index contributed by atoms with van der Waals surface area (Å²) in [6.07, 6.45) is 2.15. The van der Waals surface area contributed by atoms with Gasteiger partial charge >= 0.3 is 0 Å². The lowest BCUT2D eigenvalue weighted by molar-refractivity contribution is 0.135. The summed E-state index contributed by atoms with van der Waals surface area (Å²) in [6.45, 7) is 8.16. The van der Waals surface area contributed by atoms with Crippen molar-refractivity contribution < 1.29 is 9.47 Å². The molecule has 108 valence electrons. The van der Waals surface area contributed by atoms with Gasteiger partial charge in [0.2, 0.25) is 0 Å². The highest BCUT2D eigenvalue weighted by atomic mass is 16.5. The molecule has 19 heavy (non-hydrogen) atoms. The van der Waals surface area contributed by atoms with Crippen LogP contribution < -0.4 is 10.1 Å². The lowest BCUT2D eigenvalue weighted by atomic mass is 10.1. The second-order valence-electron chi connectivity index (χ2n) is 5.02. The minimum atomic E-state index is 0.187. The van der Waals surface area contributed by atoms with Crippen LogP contribution in [0.4, 0.5) is 0 Å². The maximum absolute atomic E-state index is 5.83. The van der Waals surface area contributed by atoms with Gasteiger partial charge in [-0.25, -0.2) is 0 Å². The van der Waals surface area contributed by atoms with Crippen LogP contribution in [-0.2, 0) is 11.2 Å². The van der Waals surface area contributed by atoms with Crippen LogP contribution >= 0.6 is 0 Å². The number of rotatable bonds is 9. The van der Waals surface area contributed by atoms with E-state index in [1.807, 2.05) is 0 Å². The first-order chi connectivity index (χ1) is 9.15. The normalized spacial score (nSPS) is 14.1. The average molecular weight is 265 g/mol. The first kappa shape index (κ1) is 16.0. The average Bonchev–Trinajstić information content (AvgIpc) is 2.39. The van der Waals surface area contributed by atoms with Gasteiger partial charge in [0.05, 0.1) is 6.10 Å². The van der Waals surface area contributed by atoms with Crippen molar-refractivity contribution in [3.05, 3.63) is 29.8 Å². The van der Waals surface area contributed by atoms with Gasteiger partial charge in [-0.15, -0.1) is 0 Å². The van der Waals surface area contributed by atoms with E-state index in [2.05, 4.69) is 50.4 Å². The molecule has 0 aliphatic rings. The second kappa shape index (κ2) is 8.94. The van der Waals surface area contributed by atoms with Crippen LogP contribution in [-0.4, -0.2) is 32.4 Å². The fraction of sp³-hybridized carbons (Fsp3) is 0.625. The summed E-state index contributed by atoms with van der Waals surface area (Å²) in [5.41, 5.74) is 1.34. The van der Waals surface area contributed by atoms with Crippen molar-refractivity contribution >= 4 is 0 Å². The highest BCUT2D eigenvalue weighted by molar-refractivity contribution is 5.27. The molecule has 1 aromatic rings. The smallest absolute Gasteiger partial charge is 0.119 e. The number of benzene rings is 1. The molecule has 0 aliphatic heterocycles. The third kappa shape index (κ3) is 6.60. The quantitative estimate of drug-likeness (QED) is 0.744. The molecule has 3 nitrogen and oxygen atoms in total. The van der Waals surface area contributed by atoms with Crippen LogP contribution in [0.5, 0.6) is 5.75 Å². The Kier molecular flexibility index (Phi) is 7.53. The molecule has 1 aromatic carbocycles. The van der Waals surface area contributed by atoms with E-state index in [1.165, 1.54) is 5.56 Å². The molecular formula is C16H27NO2. The second-order valence-corrected chi connectivity index (χ2v) is 5.02. The van der Waals surface area contributed by atoms with E-state index in [0.29, 0.717) is 6.04 Å². The zero-order valence-corrected chi connectivity index (χ0v) is 12.6. The highest BCUT2D eigenvalue weighted by Gasteiger charge is 2.05.